The van der Waals surface area contributed by atoms with Gasteiger partial charge in [-0.05, 0) is 52.3 Å². The highest BCUT2D eigenvalue weighted by Crippen LogP contribution is 2.36. The van der Waals surface area contributed by atoms with Crippen molar-refractivity contribution in [2.75, 3.05) is 5.75 Å². The lowest BCUT2D eigenvalue weighted by molar-refractivity contribution is -0.138. The summed E-state index contributed by atoms with van der Waals surface area (Å²) >= 11 is 0. The van der Waals surface area contributed by atoms with Crippen LogP contribution in [0.15, 0.2) is 14.5 Å². The Labute approximate surface area is 159 Å². The van der Waals surface area contributed by atoms with Gasteiger partial charge in [0.15, 0.2) is 5.75 Å². The van der Waals surface area contributed by atoms with Crippen LogP contribution in [0.4, 0.5) is 4.79 Å². The van der Waals surface area contributed by atoms with E-state index in [4.69, 9.17) is 9.47 Å². The summed E-state index contributed by atoms with van der Waals surface area (Å²) in [6, 6.07) is -1.21. The first-order chi connectivity index (χ1) is 11.7. The predicted octanol–water partition coefficient (Wildman–Crippen LogP) is 2.18. The van der Waals surface area contributed by atoms with Crippen molar-refractivity contribution in [3.63, 3.8) is 0 Å². The molecule has 26 heavy (non-hydrogen) atoms. The molecule has 1 rings (SSSR count). The van der Waals surface area contributed by atoms with E-state index in [1.54, 1.807) is 41.5 Å². The highest BCUT2D eigenvalue weighted by atomic mass is 33.1. The minimum atomic E-state index is -1.24. The lowest BCUT2D eigenvalue weighted by Gasteiger charge is -2.23. The number of alkyl carbamates (subject to hydrolysis) is 1. The second kappa shape index (κ2) is 8.34. The first kappa shape index (κ1) is 22.4. The normalized spacial score (nSPS) is 13.3. The third-order valence-corrected chi connectivity index (χ3v) is 4.99. The summed E-state index contributed by atoms with van der Waals surface area (Å²) in [7, 11) is 1.98. The first-order valence-corrected chi connectivity index (χ1v) is 10.1. The van der Waals surface area contributed by atoms with Crippen LogP contribution in [0.2, 0.25) is 0 Å². The van der Waals surface area contributed by atoms with E-state index in [-0.39, 0.29) is 16.4 Å². The highest BCUT2D eigenvalue weighted by molar-refractivity contribution is 8.76. The Balaban J connectivity index is 2.66. The molecule has 0 bridgehead atoms. The molecule has 1 atom stereocenters. The maximum absolute atomic E-state index is 11.7. The molecule has 1 amide bonds. The van der Waals surface area contributed by atoms with Crippen LogP contribution in [-0.4, -0.2) is 40.2 Å². The molecule has 0 aliphatic heterocycles. The average Bonchev–Trinajstić information content (AvgIpc) is 2.45. The Hall–Kier alpha value is -1.68. The predicted molar refractivity (Wildman–Crippen MR) is 101 cm³/mol. The number of hydrogen-bond acceptors (Lipinski definition) is 8. The van der Waals surface area contributed by atoms with Crippen LogP contribution in [0.3, 0.4) is 0 Å². The minimum absolute atomic E-state index is 0.00743. The zero-order chi connectivity index (χ0) is 20.3. The van der Waals surface area contributed by atoms with Crippen LogP contribution in [0.5, 0.6) is 5.75 Å². The van der Waals surface area contributed by atoms with Gasteiger partial charge in [-0.2, -0.15) is 0 Å². The van der Waals surface area contributed by atoms with Gasteiger partial charge >= 0.3 is 12.1 Å². The molecule has 0 aromatic heterocycles. The SMILES string of the molecule is CC(C)(C)OC(=O)N[C@@H](CSSc1c(OC(C)(C)C)c(=O)c1=O)C(=O)O. The van der Waals surface area contributed by atoms with Gasteiger partial charge in [0.05, 0.1) is 0 Å². The quantitative estimate of drug-likeness (QED) is 0.519. The Bertz CT molecular complexity index is 739. The van der Waals surface area contributed by atoms with Crippen LogP contribution in [0.25, 0.3) is 0 Å². The van der Waals surface area contributed by atoms with Crippen molar-refractivity contribution in [3.8, 4) is 5.75 Å². The third-order valence-electron chi connectivity index (χ3n) is 2.60. The molecule has 0 heterocycles. The molecule has 0 spiro atoms. The number of carbonyl (C=O) groups excluding carboxylic acids is 1. The van der Waals surface area contributed by atoms with Gasteiger partial charge in [-0.3, -0.25) is 9.59 Å². The van der Waals surface area contributed by atoms with Crippen LogP contribution < -0.4 is 20.9 Å². The summed E-state index contributed by atoms with van der Waals surface area (Å²) in [6.45, 7) is 10.2. The topological polar surface area (TPSA) is 119 Å². The molecule has 0 radical (unpaired) electrons. The van der Waals surface area contributed by atoms with Gasteiger partial charge in [0, 0.05) is 5.75 Å². The van der Waals surface area contributed by atoms with Gasteiger partial charge in [0.2, 0.25) is 5.43 Å². The Morgan fingerprint density at radius 3 is 2.12 bits per heavy atom. The van der Waals surface area contributed by atoms with Gasteiger partial charge in [0.25, 0.3) is 5.43 Å². The molecule has 1 aromatic rings. The van der Waals surface area contributed by atoms with E-state index >= 15 is 0 Å². The highest BCUT2D eigenvalue weighted by Gasteiger charge is 2.29. The molecule has 146 valence electrons. The summed E-state index contributed by atoms with van der Waals surface area (Å²) in [6.07, 6.45) is -0.846. The second-order valence-corrected chi connectivity index (χ2v) is 9.79. The summed E-state index contributed by atoms with van der Waals surface area (Å²) < 4.78 is 10.5. The van der Waals surface area contributed by atoms with Gasteiger partial charge in [-0.1, -0.05) is 10.8 Å². The van der Waals surface area contributed by atoms with Crippen molar-refractivity contribution in [3.05, 3.63) is 20.4 Å². The molecule has 0 saturated heterocycles. The number of ether oxygens (including phenoxy) is 2. The number of amides is 1. The lowest BCUT2D eigenvalue weighted by Crippen LogP contribution is -2.44. The van der Waals surface area contributed by atoms with E-state index in [1.165, 1.54) is 0 Å². The Morgan fingerprint density at radius 2 is 1.65 bits per heavy atom. The molecule has 2 N–H and O–H groups in total. The molecule has 0 unspecified atom stereocenters. The number of carboxylic acids is 1. The Morgan fingerprint density at radius 1 is 1.08 bits per heavy atom. The molecule has 0 fully saturated rings. The molecule has 8 nitrogen and oxygen atoms in total. The third kappa shape index (κ3) is 6.91. The minimum Gasteiger partial charge on any atom is -0.483 e. The van der Waals surface area contributed by atoms with Gasteiger partial charge in [-0.25, -0.2) is 9.59 Å². The number of rotatable bonds is 7. The van der Waals surface area contributed by atoms with E-state index in [0.29, 0.717) is 0 Å². The van der Waals surface area contributed by atoms with Crippen LogP contribution in [0.1, 0.15) is 41.5 Å². The number of carboxylic acid groups (broad SMARTS) is 1. The summed E-state index contributed by atoms with van der Waals surface area (Å²) in [5, 5.41) is 11.5. The first-order valence-electron chi connectivity index (χ1n) is 7.75. The fourth-order valence-corrected chi connectivity index (χ4v) is 3.96. The standard InChI is InChI=1S/C16H23NO7S2/c1-15(2,3)23-11-9(18)10(19)12(11)26-25-7-8(13(20)21)17-14(22)24-16(4,5)6/h8H,7H2,1-6H3,(H,17,22)(H,20,21)/t8-/m0/s1. The van der Waals surface area contributed by atoms with Gasteiger partial charge in [-0.15, -0.1) is 0 Å². The van der Waals surface area contributed by atoms with Crippen LogP contribution in [0, 0.1) is 0 Å². The maximum atomic E-state index is 11.7. The summed E-state index contributed by atoms with van der Waals surface area (Å²) in [4.78, 5) is 46.4. The number of carbonyl (C=O) groups is 2. The van der Waals surface area contributed by atoms with Gasteiger partial charge in [0.1, 0.15) is 22.1 Å². The Kier molecular flexibility index (Phi) is 7.17. The average molecular weight is 405 g/mol. The number of nitrogens with one attached hydrogen (secondary N) is 1. The van der Waals surface area contributed by atoms with Crippen molar-refractivity contribution in [2.45, 2.75) is 63.7 Å². The zero-order valence-corrected chi connectivity index (χ0v) is 17.1. The van der Waals surface area contributed by atoms with Crippen molar-refractivity contribution >= 4 is 33.7 Å². The monoisotopic (exact) mass is 405 g/mol. The summed E-state index contributed by atoms with van der Waals surface area (Å²) in [5.74, 6) is -1.28. The fourth-order valence-electron chi connectivity index (χ4n) is 1.61. The molecule has 0 aliphatic carbocycles. The van der Waals surface area contributed by atoms with Crippen molar-refractivity contribution in [2.24, 2.45) is 0 Å². The summed E-state index contributed by atoms with van der Waals surface area (Å²) in [5.41, 5.74) is -2.74. The van der Waals surface area contributed by atoms with E-state index in [0.717, 1.165) is 21.6 Å². The van der Waals surface area contributed by atoms with Crippen molar-refractivity contribution in [1.82, 2.24) is 5.32 Å². The second-order valence-electron chi connectivity index (χ2n) is 7.44. The molecule has 1 aromatic carbocycles. The molecule has 0 aliphatic rings. The van der Waals surface area contributed by atoms with Crippen molar-refractivity contribution < 1.29 is 24.2 Å². The largest absolute Gasteiger partial charge is 0.483 e. The van der Waals surface area contributed by atoms with Crippen LogP contribution in [-0.2, 0) is 9.53 Å². The molecular formula is C16H23NO7S2. The van der Waals surface area contributed by atoms with Crippen molar-refractivity contribution in [1.29, 1.82) is 0 Å². The number of aliphatic carboxylic acids is 1. The van der Waals surface area contributed by atoms with E-state index in [2.05, 4.69) is 5.32 Å². The van der Waals surface area contributed by atoms with Gasteiger partial charge < -0.3 is 19.9 Å². The smallest absolute Gasteiger partial charge is 0.408 e. The van der Waals surface area contributed by atoms with Crippen LogP contribution >= 0.6 is 21.6 Å². The maximum Gasteiger partial charge on any atom is 0.408 e. The van der Waals surface area contributed by atoms with E-state index < -0.39 is 40.2 Å². The zero-order valence-electron chi connectivity index (χ0n) is 15.5. The number of hydrogen-bond donors (Lipinski definition) is 2. The lowest BCUT2D eigenvalue weighted by atomic mass is 10.2. The molecule has 10 heteroatoms. The molecular weight excluding hydrogens is 382 g/mol. The fraction of sp³-hybridized carbons (Fsp3) is 0.625. The van der Waals surface area contributed by atoms with E-state index in [1.807, 2.05) is 0 Å². The molecule has 0 saturated carbocycles. The van der Waals surface area contributed by atoms with E-state index in [9.17, 15) is 24.3 Å².